The summed E-state index contributed by atoms with van der Waals surface area (Å²) in [5.41, 5.74) is 7.53. The van der Waals surface area contributed by atoms with Gasteiger partial charge in [-0.05, 0) is 63.3 Å². The Kier molecular flexibility index (Phi) is 8.00. The highest BCUT2D eigenvalue weighted by Gasteiger charge is 2.25. The van der Waals surface area contributed by atoms with Crippen LogP contribution >= 0.6 is 11.3 Å². The average Bonchev–Trinajstić information content (AvgIpc) is 3.02. The van der Waals surface area contributed by atoms with Crippen LogP contribution < -0.4 is 16.4 Å². The number of hydrogen-bond donors (Lipinski definition) is 3. The van der Waals surface area contributed by atoms with Crippen LogP contribution in [0.5, 0.6) is 0 Å². The van der Waals surface area contributed by atoms with E-state index >= 15 is 0 Å². The SMILES string of the molecule is CCCN(OCCNC(=O)OC1CCC1)C(=O)C1=Cc2sc(CC3CNC3)cc2N=C(N)C1. The number of ether oxygens (including phenoxy) is 1. The van der Waals surface area contributed by atoms with Crippen molar-refractivity contribution >= 4 is 40.9 Å². The Morgan fingerprint density at radius 2 is 2.18 bits per heavy atom. The van der Waals surface area contributed by atoms with Gasteiger partial charge in [-0.3, -0.25) is 9.63 Å². The molecule has 180 valence electrons. The van der Waals surface area contributed by atoms with Crippen molar-refractivity contribution in [2.75, 3.05) is 32.8 Å². The maximum Gasteiger partial charge on any atom is 0.407 e. The Hall–Kier alpha value is -2.43. The molecule has 2 fully saturated rings. The van der Waals surface area contributed by atoms with Crippen molar-refractivity contribution < 1.29 is 19.2 Å². The molecule has 0 spiro atoms. The number of nitrogens with one attached hydrogen (secondary N) is 2. The Balaban J connectivity index is 1.35. The molecular weight excluding hydrogens is 442 g/mol. The third-order valence-corrected chi connectivity index (χ3v) is 7.05. The molecule has 3 aliphatic rings. The number of amidine groups is 1. The van der Waals surface area contributed by atoms with Crippen LogP contribution in [0, 0.1) is 5.92 Å². The van der Waals surface area contributed by atoms with E-state index in [1.807, 2.05) is 13.0 Å². The van der Waals surface area contributed by atoms with Gasteiger partial charge in [-0.2, -0.15) is 0 Å². The van der Waals surface area contributed by atoms with E-state index in [1.54, 1.807) is 11.3 Å². The van der Waals surface area contributed by atoms with Gasteiger partial charge < -0.3 is 21.1 Å². The lowest BCUT2D eigenvalue weighted by Crippen LogP contribution is -2.42. The fraction of sp³-hybridized carbons (Fsp3) is 0.609. The van der Waals surface area contributed by atoms with Crippen LogP contribution in [-0.2, 0) is 20.8 Å². The monoisotopic (exact) mass is 475 g/mol. The van der Waals surface area contributed by atoms with Gasteiger partial charge in [0, 0.05) is 30.0 Å². The quantitative estimate of drug-likeness (QED) is 0.354. The molecule has 0 unspecified atom stereocenters. The Morgan fingerprint density at radius 1 is 1.36 bits per heavy atom. The molecule has 9 nitrogen and oxygen atoms in total. The minimum absolute atomic E-state index is 0.0337. The first-order chi connectivity index (χ1) is 16.0. The second-order valence-electron chi connectivity index (χ2n) is 8.77. The fourth-order valence-electron chi connectivity index (χ4n) is 3.83. The normalized spacial score (nSPS) is 18.2. The third kappa shape index (κ3) is 6.33. The average molecular weight is 476 g/mol. The van der Waals surface area contributed by atoms with Gasteiger partial charge >= 0.3 is 6.09 Å². The highest BCUT2D eigenvalue weighted by atomic mass is 32.1. The number of hydrogen-bond acceptors (Lipinski definition) is 8. The molecular formula is C23H33N5O4S. The van der Waals surface area contributed by atoms with Gasteiger partial charge in [-0.1, -0.05) is 6.92 Å². The lowest BCUT2D eigenvalue weighted by molar-refractivity contribution is -0.181. The molecule has 4 N–H and O–H groups in total. The number of nitrogens with zero attached hydrogens (tertiary/aromatic N) is 2. The molecule has 2 amide bonds. The Labute approximate surface area is 198 Å². The number of hydroxylamine groups is 2. The maximum atomic E-state index is 13.3. The summed E-state index contributed by atoms with van der Waals surface area (Å²) in [7, 11) is 0. The lowest BCUT2D eigenvalue weighted by Gasteiger charge is -2.26. The predicted octanol–water partition coefficient (Wildman–Crippen LogP) is 2.73. The van der Waals surface area contributed by atoms with Gasteiger partial charge in [-0.25, -0.2) is 14.9 Å². The molecule has 1 aliphatic carbocycles. The summed E-state index contributed by atoms with van der Waals surface area (Å²) >= 11 is 1.67. The molecule has 10 heteroatoms. The molecule has 1 aromatic heterocycles. The van der Waals surface area contributed by atoms with Crippen LogP contribution in [0.3, 0.4) is 0 Å². The summed E-state index contributed by atoms with van der Waals surface area (Å²) in [6, 6.07) is 2.09. The first kappa shape index (κ1) is 23.7. The van der Waals surface area contributed by atoms with Crippen molar-refractivity contribution in [3.8, 4) is 0 Å². The van der Waals surface area contributed by atoms with Gasteiger partial charge in [0.05, 0.1) is 17.2 Å². The predicted molar refractivity (Wildman–Crippen MR) is 128 cm³/mol. The van der Waals surface area contributed by atoms with Crippen LogP contribution in [0.1, 0.15) is 48.8 Å². The number of carbonyl (C=O) groups is 2. The van der Waals surface area contributed by atoms with Crippen molar-refractivity contribution in [2.45, 2.75) is 51.6 Å². The molecule has 1 aromatic rings. The zero-order valence-corrected chi connectivity index (χ0v) is 19.9. The van der Waals surface area contributed by atoms with E-state index in [0.717, 1.165) is 55.8 Å². The number of thiophene rings is 1. The molecule has 3 heterocycles. The maximum absolute atomic E-state index is 13.3. The second-order valence-corrected chi connectivity index (χ2v) is 9.93. The zero-order chi connectivity index (χ0) is 23.2. The fourth-order valence-corrected chi connectivity index (χ4v) is 5.01. The van der Waals surface area contributed by atoms with E-state index in [1.165, 1.54) is 9.94 Å². The first-order valence-electron chi connectivity index (χ1n) is 11.8. The Bertz CT molecular complexity index is 920. The molecule has 33 heavy (non-hydrogen) atoms. The summed E-state index contributed by atoms with van der Waals surface area (Å²) in [5, 5.41) is 7.33. The standard InChI is InChI=1S/C23H33N5O4S/c1-2-7-28(31-8-6-26-23(30)32-17-4-3-5-17)22(29)16-10-20-19(27-21(24)11-16)12-18(33-20)9-15-13-25-14-15/h10,12,15,17,25H,2-9,11,13-14H2,1H3,(H2,24,27)(H,26,30). The van der Waals surface area contributed by atoms with Crippen molar-refractivity contribution in [3.63, 3.8) is 0 Å². The number of fused-ring (bicyclic) bond motifs is 1. The highest BCUT2D eigenvalue weighted by Crippen LogP contribution is 2.36. The number of alkyl carbamates (subject to hydrolysis) is 1. The van der Waals surface area contributed by atoms with E-state index in [9.17, 15) is 9.59 Å². The number of aliphatic imine (C=N–C) groups is 1. The van der Waals surface area contributed by atoms with Crippen LogP contribution in [0.15, 0.2) is 16.6 Å². The summed E-state index contributed by atoms with van der Waals surface area (Å²) < 4.78 is 5.25. The third-order valence-electron chi connectivity index (χ3n) is 5.96. The molecule has 1 saturated heterocycles. The van der Waals surface area contributed by atoms with Gasteiger partial charge in [0.1, 0.15) is 11.9 Å². The second kappa shape index (κ2) is 11.1. The van der Waals surface area contributed by atoms with Gasteiger partial charge in [-0.15, -0.1) is 11.3 Å². The van der Waals surface area contributed by atoms with E-state index in [-0.39, 0.29) is 31.6 Å². The topological polar surface area (TPSA) is 118 Å². The van der Waals surface area contributed by atoms with Gasteiger partial charge in [0.2, 0.25) is 0 Å². The van der Waals surface area contributed by atoms with Crippen molar-refractivity contribution in [3.05, 3.63) is 21.4 Å². The largest absolute Gasteiger partial charge is 0.446 e. The van der Waals surface area contributed by atoms with Gasteiger partial charge in [0.15, 0.2) is 0 Å². The molecule has 0 bridgehead atoms. The zero-order valence-electron chi connectivity index (χ0n) is 19.1. The van der Waals surface area contributed by atoms with Crippen molar-refractivity contribution in [2.24, 2.45) is 16.6 Å². The first-order valence-corrected chi connectivity index (χ1v) is 12.6. The minimum Gasteiger partial charge on any atom is -0.446 e. The molecule has 1 saturated carbocycles. The lowest BCUT2D eigenvalue weighted by atomic mass is 9.96. The van der Waals surface area contributed by atoms with Crippen LogP contribution in [0.25, 0.3) is 6.08 Å². The smallest absolute Gasteiger partial charge is 0.407 e. The van der Waals surface area contributed by atoms with Crippen molar-refractivity contribution in [1.29, 1.82) is 0 Å². The minimum atomic E-state index is -0.439. The number of nitrogens with two attached hydrogens (primary N) is 1. The summed E-state index contributed by atoms with van der Waals surface area (Å²) in [4.78, 5) is 37.5. The van der Waals surface area contributed by atoms with E-state index < -0.39 is 6.09 Å². The molecule has 0 radical (unpaired) electrons. The molecule has 0 aromatic carbocycles. The highest BCUT2D eigenvalue weighted by molar-refractivity contribution is 7.13. The van der Waals surface area contributed by atoms with E-state index in [2.05, 4.69) is 21.7 Å². The summed E-state index contributed by atoms with van der Waals surface area (Å²) in [6.45, 7) is 4.95. The van der Waals surface area contributed by atoms with Crippen molar-refractivity contribution in [1.82, 2.24) is 15.7 Å². The Morgan fingerprint density at radius 3 is 2.85 bits per heavy atom. The number of rotatable bonds is 10. The number of carbonyl (C=O) groups excluding carboxylic acids is 2. The van der Waals surface area contributed by atoms with Gasteiger partial charge in [0.25, 0.3) is 5.91 Å². The summed E-state index contributed by atoms with van der Waals surface area (Å²) in [5.74, 6) is 0.852. The molecule has 4 rings (SSSR count). The number of amides is 2. The molecule has 2 aliphatic heterocycles. The van der Waals surface area contributed by atoms with Crippen LogP contribution in [-0.4, -0.2) is 61.8 Å². The van der Waals surface area contributed by atoms with Crippen LogP contribution in [0.2, 0.25) is 0 Å². The van der Waals surface area contributed by atoms with E-state index in [0.29, 0.717) is 23.9 Å². The van der Waals surface area contributed by atoms with E-state index in [4.69, 9.17) is 15.3 Å². The van der Waals surface area contributed by atoms with Crippen LogP contribution in [0.4, 0.5) is 10.5 Å². The summed E-state index contributed by atoms with van der Waals surface area (Å²) in [6.07, 6.45) is 6.48. The molecule has 0 atom stereocenters.